The average molecular weight is 419 g/mol. The first-order valence-electron chi connectivity index (χ1n) is 10.4. The molecule has 4 rings (SSSR count). The molecule has 0 spiro atoms. The van der Waals surface area contributed by atoms with Crippen LogP contribution in [-0.4, -0.2) is 44.4 Å². The van der Waals surface area contributed by atoms with Crippen LogP contribution in [0.3, 0.4) is 0 Å². The third-order valence-corrected chi connectivity index (χ3v) is 5.51. The third-order valence-electron chi connectivity index (χ3n) is 5.51. The van der Waals surface area contributed by atoms with Gasteiger partial charge in [-0.25, -0.2) is 4.79 Å². The van der Waals surface area contributed by atoms with Gasteiger partial charge < -0.3 is 15.5 Å². The molecule has 1 fully saturated rings. The van der Waals surface area contributed by atoms with Crippen molar-refractivity contribution in [3.63, 3.8) is 0 Å². The highest BCUT2D eigenvalue weighted by atomic mass is 16.4. The number of carbonyl (C=O) groups excluding carboxylic acids is 1. The minimum atomic E-state index is -1.56. The van der Waals surface area contributed by atoms with Crippen molar-refractivity contribution in [2.75, 3.05) is 0 Å². The molecule has 1 aromatic heterocycles. The summed E-state index contributed by atoms with van der Waals surface area (Å²) in [7, 11) is 0. The van der Waals surface area contributed by atoms with Gasteiger partial charge in [0.15, 0.2) is 6.10 Å². The van der Waals surface area contributed by atoms with Gasteiger partial charge >= 0.3 is 5.97 Å². The zero-order valence-electron chi connectivity index (χ0n) is 17.0. The van der Waals surface area contributed by atoms with E-state index in [0.717, 1.165) is 35.2 Å². The van der Waals surface area contributed by atoms with Gasteiger partial charge in [-0.05, 0) is 42.0 Å². The van der Waals surface area contributed by atoms with Gasteiger partial charge in [-0.15, -0.1) is 0 Å². The topological polar surface area (TPSA) is 115 Å². The molecule has 1 aliphatic rings. The van der Waals surface area contributed by atoms with Crippen molar-refractivity contribution in [1.82, 2.24) is 15.5 Å². The number of benzene rings is 2. The Bertz CT molecular complexity index is 1040. The number of amides is 1. The Kier molecular flexibility index (Phi) is 6.13. The number of carbonyl (C=O) groups is 2. The number of aliphatic carboxylic acids is 1. The summed E-state index contributed by atoms with van der Waals surface area (Å²) in [5.41, 5.74) is 4.33. The van der Waals surface area contributed by atoms with Crippen molar-refractivity contribution in [3.05, 3.63) is 77.6 Å². The standard InChI is InChI=1S/C24H25N3O4/c28-22(24(30)31)13-19(25-23(29)21-14-20(26-27-21)18-10-11-18)12-15-6-8-17(9-7-15)16-4-2-1-3-5-16/h1-9,14,18-19,22,28H,10-13H2,(H,25,29)(H,26,27)(H,30,31)/t19?,22-/m1/s1. The molecule has 4 N–H and O–H groups in total. The molecule has 160 valence electrons. The Hall–Kier alpha value is -3.45. The van der Waals surface area contributed by atoms with E-state index in [2.05, 4.69) is 15.5 Å². The number of aliphatic hydroxyl groups is 1. The second-order valence-corrected chi connectivity index (χ2v) is 8.01. The summed E-state index contributed by atoms with van der Waals surface area (Å²) in [6.45, 7) is 0. The smallest absolute Gasteiger partial charge is 0.332 e. The normalized spacial score (nSPS) is 15.3. The van der Waals surface area contributed by atoms with Crippen molar-refractivity contribution in [2.24, 2.45) is 0 Å². The van der Waals surface area contributed by atoms with Crippen LogP contribution in [0, 0.1) is 0 Å². The van der Waals surface area contributed by atoms with E-state index < -0.39 is 18.1 Å². The number of H-pyrrole nitrogens is 1. The number of aliphatic hydroxyl groups excluding tert-OH is 1. The van der Waals surface area contributed by atoms with E-state index >= 15 is 0 Å². The van der Waals surface area contributed by atoms with Crippen LogP contribution in [0.25, 0.3) is 11.1 Å². The molecule has 1 aliphatic carbocycles. The molecule has 0 radical (unpaired) electrons. The number of carboxylic acid groups (broad SMARTS) is 1. The van der Waals surface area contributed by atoms with Crippen LogP contribution in [0.15, 0.2) is 60.7 Å². The third kappa shape index (κ3) is 5.38. The highest BCUT2D eigenvalue weighted by Crippen LogP contribution is 2.39. The Morgan fingerprint density at radius 1 is 1.06 bits per heavy atom. The van der Waals surface area contributed by atoms with Crippen LogP contribution in [0.4, 0.5) is 0 Å². The maximum atomic E-state index is 12.7. The molecule has 3 aromatic rings. The number of nitrogens with one attached hydrogen (secondary N) is 2. The molecular weight excluding hydrogens is 394 g/mol. The highest BCUT2D eigenvalue weighted by Gasteiger charge is 2.28. The van der Waals surface area contributed by atoms with E-state index in [1.54, 1.807) is 6.07 Å². The summed E-state index contributed by atoms with van der Waals surface area (Å²) >= 11 is 0. The molecule has 0 saturated heterocycles. The van der Waals surface area contributed by atoms with Gasteiger partial charge in [0.1, 0.15) is 5.69 Å². The van der Waals surface area contributed by atoms with Crippen molar-refractivity contribution in [2.45, 2.75) is 43.7 Å². The summed E-state index contributed by atoms with van der Waals surface area (Å²) in [6.07, 6.45) is 0.911. The van der Waals surface area contributed by atoms with Gasteiger partial charge in [0.2, 0.25) is 0 Å². The molecule has 1 unspecified atom stereocenters. The monoisotopic (exact) mass is 419 g/mol. The minimum absolute atomic E-state index is 0.0921. The number of nitrogens with zero attached hydrogens (tertiary/aromatic N) is 1. The van der Waals surface area contributed by atoms with Crippen molar-refractivity contribution < 1.29 is 19.8 Å². The maximum absolute atomic E-state index is 12.7. The lowest BCUT2D eigenvalue weighted by molar-refractivity contribution is -0.147. The SMILES string of the molecule is O=C(NC(Cc1ccc(-c2ccccc2)cc1)C[C@@H](O)C(=O)O)c1cc(C2CC2)n[nH]1. The van der Waals surface area contributed by atoms with E-state index in [4.69, 9.17) is 5.11 Å². The van der Waals surface area contributed by atoms with Crippen LogP contribution in [0.1, 0.15) is 46.9 Å². The lowest BCUT2D eigenvalue weighted by Crippen LogP contribution is -2.40. The van der Waals surface area contributed by atoms with E-state index in [9.17, 15) is 14.7 Å². The predicted octanol–water partition coefficient (Wildman–Crippen LogP) is 3.13. The Morgan fingerprint density at radius 2 is 1.74 bits per heavy atom. The summed E-state index contributed by atoms with van der Waals surface area (Å²) in [4.78, 5) is 23.8. The number of aromatic amines is 1. The lowest BCUT2D eigenvalue weighted by atomic mass is 9.97. The second-order valence-electron chi connectivity index (χ2n) is 8.01. The van der Waals surface area contributed by atoms with Crippen molar-refractivity contribution in [3.8, 4) is 11.1 Å². The number of carboxylic acids is 1. The van der Waals surface area contributed by atoms with Crippen LogP contribution in [0.5, 0.6) is 0 Å². The fourth-order valence-electron chi connectivity index (χ4n) is 3.62. The fourth-order valence-corrected chi connectivity index (χ4v) is 3.62. The predicted molar refractivity (Wildman–Crippen MR) is 116 cm³/mol. The summed E-state index contributed by atoms with van der Waals surface area (Å²) in [6, 6.07) is 19.1. The van der Waals surface area contributed by atoms with Crippen LogP contribution in [0.2, 0.25) is 0 Å². The second kappa shape index (κ2) is 9.14. The highest BCUT2D eigenvalue weighted by molar-refractivity contribution is 5.92. The maximum Gasteiger partial charge on any atom is 0.332 e. The molecule has 0 bridgehead atoms. The first-order chi connectivity index (χ1) is 15.0. The molecular formula is C24H25N3O4. The van der Waals surface area contributed by atoms with Gasteiger partial charge in [0.25, 0.3) is 5.91 Å². The molecule has 2 atom stereocenters. The summed E-state index contributed by atoms with van der Waals surface area (Å²) < 4.78 is 0. The average Bonchev–Trinajstić information content (AvgIpc) is 3.51. The zero-order chi connectivity index (χ0) is 21.8. The first kappa shape index (κ1) is 20.8. The minimum Gasteiger partial charge on any atom is -0.479 e. The summed E-state index contributed by atoms with van der Waals surface area (Å²) in [5, 5.41) is 28.8. The Balaban J connectivity index is 1.46. The van der Waals surface area contributed by atoms with Gasteiger partial charge in [0.05, 0.1) is 5.69 Å². The molecule has 1 heterocycles. The molecule has 1 amide bonds. The summed E-state index contributed by atoms with van der Waals surface area (Å²) in [5.74, 6) is -1.25. The Labute approximate surface area is 180 Å². The fraction of sp³-hybridized carbons (Fsp3) is 0.292. The number of rotatable bonds is 9. The molecule has 0 aliphatic heterocycles. The molecule has 7 heteroatoms. The number of hydrogen-bond acceptors (Lipinski definition) is 4. The number of hydrogen-bond donors (Lipinski definition) is 4. The van der Waals surface area contributed by atoms with Gasteiger partial charge in [-0.2, -0.15) is 5.10 Å². The van der Waals surface area contributed by atoms with E-state index in [1.165, 1.54) is 0 Å². The lowest BCUT2D eigenvalue weighted by Gasteiger charge is -2.20. The van der Waals surface area contributed by atoms with Gasteiger partial charge in [-0.3, -0.25) is 9.89 Å². The van der Waals surface area contributed by atoms with Crippen molar-refractivity contribution >= 4 is 11.9 Å². The zero-order valence-corrected chi connectivity index (χ0v) is 17.0. The van der Waals surface area contributed by atoms with E-state index in [1.807, 2.05) is 54.6 Å². The van der Waals surface area contributed by atoms with Crippen LogP contribution < -0.4 is 5.32 Å². The van der Waals surface area contributed by atoms with E-state index in [-0.39, 0.29) is 12.3 Å². The molecule has 2 aromatic carbocycles. The molecule has 1 saturated carbocycles. The van der Waals surface area contributed by atoms with Gasteiger partial charge in [-0.1, -0.05) is 54.6 Å². The van der Waals surface area contributed by atoms with E-state index in [0.29, 0.717) is 18.0 Å². The largest absolute Gasteiger partial charge is 0.479 e. The quantitative estimate of drug-likeness (QED) is 0.425. The van der Waals surface area contributed by atoms with Crippen LogP contribution >= 0.6 is 0 Å². The molecule has 7 nitrogen and oxygen atoms in total. The molecule has 31 heavy (non-hydrogen) atoms. The van der Waals surface area contributed by atoms with Crippen LogP contribution in [-0.2, 0) is 11.2 Å². The number of aromatic nitrogens is 2. The first-order valence-corrected chi connectivity index (χ1v) is 10.4. The Morgan fingerprint density at radius 3 is 2.39 bits per heavy atom. The van der Waals surface area contributed by atoms with Gasteiger partial charge in [0, 0.05) is 18.4 Å². The van der Waals surface area contributed by atoms with Crippen molar-refractivity contribution in [1.29, 1.82) is 0 Å².